The number of hydrogen-bond acceptors (Lipinski definition) is 9. The lowest BCUT2D eigenvalue weighted by Crippen LogP contribution is -2.44. The van der Waals surface area contributed by atoms with Crippen molar-refractivity contribution in [3.8, 4) is 10.6 Å². The summed E-state index contributed by atoms with van der Waals surface area (Å²) in [6.45, 7) is 6.26. The molecule has 3 aromatic rings. The first-order valence-corrected chi connectivity index (χ1v) is 12.2. The van der Waals surface area contributed by atoms with Gasteiger partial charge < -0.3 is 20.4 Å². The number of pyridine rings is 1. The minimum absolute atomic E-state index is 0.542. The Bertz CT molecular complexity index is 1040. The molecule has 0 aromatic carbocycles. The highest BCUT2D eigenvalue weighted by Gasteiger charge is 2.18. The second-order valence-corrected chi connectivity index (χ2v) is 9.64. The van der Waals surface area contributed by atoms with Crippen molar-refractivity contribution in [1.82, 2.24) is 24.8 Å². The maximum atomic E-state index is 4.73. The average molecular weight is 451 g/mol. The van der Waals surface area contributed by atoms with Crippen LogP contribution >= 0.6 is 11.3 Å². The Kier molecular flexibility index (Phi) is 6.18. The Morgan fingerprint density at radius 1 is 1.00 bits per heavy atom. The summed E-state index contributed by atoms with van der Waals surface area (Å²) in [6, 6.07) is 6.59. The van der Waals surface area contributed by atoms with Gasteiger partial charge in [0.15, 0.2) is 5.13 Å². The molecule has 1 saturated heterocycles. The summed E-state index contributed by atoms with van der Waals surface area (Å²) < 4.78 is 0. The van der Waals surface area contributed by atoms with Gasteiger partial charge in [-0.1, -0.05) is 24.2 Å². The molecule has 0 radical (unpaired) electrons. The molecule has 3 aromatic heterocycles. The fourth-order valence-corrected chi connectivity index (χ4v) is 5.33. The molecule has 0 amide bonds. The van der Waals surface area contributed by atoms with E-state index in [1.165, 1.54) is 25.7 Å². The summed E-state index contributed by atoms with van der Waals surface area (Å²) in [6.07, 6.45) is 8.78. The number of nitrogens with zero attached hydrogens (tertiary/aromatic N) is 6. The van der Waals surface area contributed by atoms with Crippen molar-refractivity contribution in [3.63, 3.8) is 0 Å². The Morgan fingerprint density at radius 2 is 1.81 bits per heavy atom. The first kappa shape index (κ1) is 21.1. The summed E-state index contributed by atoms with van der Waals surface area (Å²) in [5.41, 5.74) is 3.03. The Balaban J connectivity index is 1.27. The predicted octanol–water partition coefficient (Wildman–Crippen LogP) is 4.15. The van der Waals surface area contributed by atoms with Crippen molar-refractivity contribution in [2.24, 2.45) is 0 Å². The van der Waals surface area contributed by atoms with E-state index in [1.54, 1.807) is 17.5 Å². The molecular weight excluding hydrogens is 420 g/mol. The number of nitrogens with one attached hydrogen (secondary N) is 2. The second-order valence-electron chi connectivity index (χ2n) is 8.64. The number of thiazole rings is 1. The molecule has 0 atom stereocenters. The summed E-state index contributed by atoms with van der Waals surface area (Å²) in [5, 5.41) is 7.82. The maximum Gasteiger partial charge on any atom is 0.228 e. The van der Waals surface area contributed by atoms with E-state index in [1.807, 2.05) is 25.3 Å². The summed E-state index contributed by atoms with van der Waals surface area (Å²) in [7, 11) is 2.16. The minimum atomic E-state index is 0.542. The third kappa shape index (κ3) is 4.83. The average Bonchev–Trinajstić information content (AvgIpc) is 3.45. The highest BCUT2D eigenvalue weighted by Crippen LogP contribution is 2.33. The summed E-state index contributed by atoms with van der Waals surface area (Å²) in [4.78, 5) is 24.2. The number of likely N-dealkylation sites (N-methyl/N-ethyl adjacent to an activating group) is 1. The van der Waals surface area contributed by atoms with Gasteiger partial charge in [-0.3, -0.25) is 0 Å². The molecule has 32 heavy (non-hydrogen) atoms. The van der Waals surface area contributed by atoms with Crippen LogP contribution in [0.2, 0.25) is 0 Å². The van der Waals surface area contributed by atoms with Gasteiger partial charge in [-0.25, -0.2) is 19.9 Å². The normalized spacial score (nSPS) is 17.6. The minimum Gasteiger partial charge on any atom is -0.368 e. The van der Waals surface area contributed by atoms with Crippen molar-refractivity contribution in [3.05, 3.63) is 36.3 Å². The fourth-order valence-electron chi connectivity index (χ4n) is 4.31. The number of piperazine rings is 1. The largest absolute Gasteiger partial charge is 0.368 e. The molecular formula is C23H30N8S. The van der Waals surface area contributed by atoms with Gasteiger partial charge in [0.1, 0.15) is 5.82 Å². The van der Waals surface area contributed by atoms with E-state index in [4.69, 9.17) is 9.97 Å². The van der Waals surface area contributed by atoms with E-state index in [2.05, 4.69) is 43.5 Å². The molecule has 1 aliphatic carbocycles. The lowest BCUT2D eigenvalue weighted by Gasteiger charge is -2.33. The first-order chi connectivity index (χ1) is 15.6. The SMILES string of the molecule is Cc1nc(NC2CCCC2)sc1-c1ccnc(Nc2ccc(N3CCN(C)CC3)cn2)n1. The topological polar surface area (TPSA) is 82.1 Å². The van der Waals surface area contributed by atoms with E-state index < -0.39 is 0 Å². The van der Waals surface area contributed by atoms with Crippen molar-refractivity contribution < 1.29 is 0 Å². The van der Waals surface area contributed by atoms with Crippen molar-refractivity contribution in [2.75, 3.05) is 48.8 Å². The highest BCUT2D eigenvalue weighted by atomic mass is 32.1. The molecule has 4 heterocycles. The molecule has 1 saturated carbocycles. The number of rotatable bonds is 6. The first-order valence-electron chi connectivity index (χ1n) is 11.4. The van der Waals surface area contributed by atoms with Gasteiger partial charge in [0.05, 0.1) is 28.1 Å². The highest BCUT2D eigenvalue weighted by molar-refractivity contribution is 7.19. The van der Waals surface area contributed by atoms with E-state index in [0.29, 0.717) is 12.0 Å². The quantitative estimate of drug-likeness (QED) is 0.580. The monoisotopic (exact) mass is 450 g/mol. The molecule has 2 fully saturated rings. The van der Waals surface area contributed by atoms with Gasteiger partial charge in [-0.15, -0.1) is 0 Å². The Hall–Kier alpha value is -2.78. The molecule has 168 valence electrons. The molecule has 9 heteroatoms. The molecule has 2 aliphatic rings. The third-order valence-electron chi connectivity index (χ3n) is 6.22. The van der Waals surface area contributed by atoms with Crippen LogP contribution in [0.25, 0.3) is 10.6 Å². The standard InChI is InChI=1S/C23H30N8S/c1-16-21(32-23(26-16)27-17-5-3-4-6-17)19-9-10-24-22(28-19)29-20-8-7-18(15-25-20)31-13-11-30(2)12-14-31/h7-10,15,17H,3-6,11-14H2,1-2H3,(H,26,27)(H,24,25,28,29). The fraction of sp³-hybridized carbons (Fsp3) is 0.478. The Morgan fingerprint density at radius 3 is 2.56 bits per heavy atom. The van der Waals surface area contributed by atoms with Gasteiger partial charge >= 0.3 is 0 Å². The van der Waals surface area contributed by atoms with Gasteiger partial charge in [0.2, 0.25) is 5.95 Å². The Labute approximate surface area is 193 Å². The van der Waals surface area contributed by atoms with Gasteiger partial charge in [-0.05, 0) is 45.0 Å². The van der Waals surface area contributed by atoms with Gasteiger partial charge in [0, 0.05) is 38.4 Å². The molecule has 5 rings (SSSR count). The van der Waals surface area contributed by atoms with Crippen LogP contribution in [-0.4, -0.2) is 64.1 Å². The molecule has 0 unspecified atom stereocenters. The van der Waals surface area contributed by atoms with E-state index >= 15 is 0 Å². The van der Waals surface area contributed by atoms with Crippen LogP contribution in [0, 0.1) is 6.92 Å². The zero-order chi connectivity index (χ0) is 21.9. The maximum absolute atomic E-state index is 4.73. The third-order valence-corrected chi connectivity index (χ3v) is 7.33. The lowest BCUT2D eigenvalue weighted by molar-refractivity contribution is 0.313. The van der Waals surface area contributed by atoms with Crippen molar-refractivity contribution in [2.45, 2.75) is 38.6 Å². The molecule has 8 nitrogen and oxygen atoms in total. The van der Waals surface area contributed by atoms with Crippen LogP contribution in [0.4, 0.5) is 22.6 Å². The molecule has 1 aliphatic heterocycles. The molecule has 0 bridgehead atoms. The van der Waals surface area contributed by atoms with Crippen LogP contribution in [0.3, 0.4) is 0 Å². The van der Waals surface area contributed by atoms with Crippen molar-refractivity contribution >= 4 is 33.9 Å². The number of aromatic nitrogens is 4. The zero-order valence-electron chi connectivity index (χ0n) is 18.7. The number of anilines is 4. The smallest absolute Gasteiger partial charge is 0.228 e. The second kappa shape index (κ2) is 9.38. The van der Waals surface area contributed by atoms with Gasteiger partial charge in [-0.2, -0.15) is 0 Å². The van der Waals surface area contributed by atoms with E-state index in [0.717, 1.165) is 59.1 Å². The molecule has 2 N–H and O–H groups in total. The van der Waals surface area contributed by atoms with E-state index in [-0.39, 0.29) is 0 Å². The zero-order valence-corrected chi connectivity index (χ0v) is 19.5. The van der Waals surface area contributed by atoms with Crippen molar-refractivity contribution in [1.29, 1.82) is 0 Å². The van der Waals surface area contributed by atoms with Crippen LogP contribution in [0.15, 0.2) is 30.6 Å². The van der Waals surface area contributed by atoms with Gasteiger partial charge in [0.25, 0.3) is 0 Å². The van der Waals surface area contributed by atoms with Crippen LogP contribution in [0.5, 0.6) is 0 Å². The van der Waals surface area contributed by atoms with Crippen LogP contribution in [0.1, 0.15) is 31.4 Å². The number of hydrogen-bond donors (Lipinski definition) is 2. The number of aryl methyl sites for hydroxylation is 1. The van der Waals surface area contributed by atoms with Crippen LogP contribution < -0.4 is 15.5 Å². The lowest BCUT2D eigenvalue weighted by atomic mass is 10.3. The van der Waals surface area contributed by atoms with Crippen LogP contribution in [-0.2, 0) is 0 Å². The van der Waals surface area contributed by atoms with E-state index in [9.17, 15) is 0 Å². The summed E-state index contributed by atoms with van der Waals surface area (Å²) in [5.74, 6) is 1.28. The molecule has 0 spiro atoms. The predicted molar refractivity (Wildman–Crippen MR) is 131 cm³/mol. The summed E-state index contributed by atoms with van der Waals surface area (Å²) >= 11 is 1.67.